The van der Waals surface area contributed by atoms with Crippen molar-refractivity contribution in [3.8, 4) is 6.07 Å². The molecule has 24 heavy (non-hydrogen) atoms. The molecule has 0 aliphatic rings. The Labute approximate surface area is 141 Å². The van der Waals surface area contributed by atoms with Crippen LogP contribution in [0.5, 0.6) is 0 Å². The zero-order valence-electron chi connectivity index (χ0n) is 13.4. The fraction of sp³-hybridized carbons (Fsp3) is 0.235. The van der Waals surface area contributed by atoms with Crippen LogP contribution in [0.15, 0.2) is 47.4 Å². The van der Waals surface area contributed by atoms with Gasteiger partial charge >= 0.3 is 0 Å². The van der Waals surface area contributed by atoms with Gasteiger partial charge in [0, 0.05) is 18.2 Å². The summed E-state index contributed by atoms with van der Waals surface area (Å²) < 4.78 is 36.9. The van der Waals surface area contributed by atoms with Crippen molar-refractivity contribution >= 4 is 10.0 Å². The van der Waals surface area contributed by atoms with Crippen molar-refractivity contribution in [1.82, 2.24) is 4.90 Å². The van der Waals surface area contributed by atoms with Gasteiger partial charge in [0.25, 0.3) is 0 Å². The first-order chi connectivity index (χ1) is 11.2. The summed E-state index contributed by atoms with van der Waals surface area (Å²) in [4.78, 5) is 1.93. The molecule has 0 spiro atoms. The van der Waals surface area contributed by atoms with E-state index in [1.165, 1.54) is 18.2 Å². The predicted molar refractivity (Wildman–Crippen MR) is 88.8 cm³/mol. The van der Waals surface area contributed by atoms with Crippen molar-refractivity contribution in [2.24, 2.45) is 5.14 Å². The lowest BCUT2D eigenvalue weighted by molar-refractivity contribution is 0.249. The molecule has 0 saturated carbocycles. The van der Waals surface area contributed by atoms with Gasteiger partial charge in [-0.25, -0.2) is 17.9 Å². The highest BCUT2D eigenvalue weighted by atomic mass is 32.2. The highest BCUT2D eigenvalue weighted by Crippen LogP contribution is 2.23. The van der Waals surface area contributed by atoms with Crippen LogP contribution in [-0.4, -0.2) is 20.4 Å². The van der Waals surface area contributed by atoms with Crippen LogP contribution in [0, 0.1) is 17.1 Å². The molecule has 0 aliphatic heterocycles. The molecule has 0 amide bonds. The molecular weight excluding hydrogens is 329 g/mol. The van der Waals surface area contributed by atoms with Crippen LogP contribution < -0.4 is 5.14 Å². The quantitative estimate of drug-likeness (QED) is 0.900. The van der Waals surface area contributed by atoms with E-state index in [-0.39, 0.29) is 16.5 Å². The van der Waals surface area contributed by atoms with Crippen LogP contribution in [0.1, 0.15) is 29.7 Å². The Morgan fingerprint density at radius 1 is 1.29 bits per heavy atom. The standard InChI is InChI=1S/C17H18FN3O2S/c1-12(14-4-3-5-16(9-14)24(20,22)23)21(2)11-15-7-6-13(10-19)8-17(15)18/h3-9,12H,11H2,1-2H3,(H2,20,22,23)/t12-/m1/s1. The molecule has 2 N–H and O–H groups in total. The molecule has 0 heterocycles. The molecule has 2 rings (SSSR count). The van der Waals surface area contributed by atoms with Gasteiger partial charge < -0.3 is 0 Å². The third-order valence-electron chi connectivity index (χ3n) is 3.93. The Kier molecular flexibility index (Phi) is 5.34. The molecule has 7 heteroatoms. The smallest absolute Gasteiger partial charge is 0.238 e. The van der Waals surface area contributed by atoms with Gasteiger partial charge in [-0.15, -0.1) is 0 Å². The summed E-state index contributed by atoms with van der Waals surface area (Å²) in [7, 11) is -1.96. The second-order valence-electron chi connectivity index (χ2n) is 5.63. The molecule has 0 radical (unpaired) electrons. The zero-order chi connectivity index (χ0) is 17.9. The summed E-state index contributed by atoms with van der Waals surface area (Å²) in [6, 6.07) is 12.5. The number of hydrogen-bond acceptors (Lipinski definition) is 4. The number of benzene rings is 2. The number of hydrogen-bond donors (Lipinski definition) is 1. The summed E-state index contributed by atoms with van der Waals surface area (Å²) in [6.45, 7) is 2.21. The second kappa shape index (κ2) is 7.09. The van der Waals surface area contributed by atoms with E-state index in [4.69, 9.17) is 10.4 Å². The molecule has 0 fully saturated rings. The average molecular weight is 347 g/mol. The minimum absolute atomic E-state index is 0.0461. The highest BCUT2D eigenvalue weighted by molar-refractivity contribution is 7.89. The maximum Gasteiger partial charge on any atom is 0.238 e. The highest BCUT2D eigenvalue weighted by Gasteiger charge is 2.16. The molecule has 126 valence electrons. The van der Waals surface area contributed by atoms with E-state index in [1.54, 1.807) is 24.3 Å². The molecule has 0 aromatic heterocycles. The zero-order valence-corrected chi connectivity index (χ0v) is 14.2. The lowest BCUT2D eigenvalue weighted by Gasteiger charge is -2.25. The number of primary sulfonamides is 1. The summed E-state index contributed by atoms with van der Waals surface area (Å²) in [6.07, 6.45) is 0. The number of rotatable bonds is 5. The molecule has 0 saturated heterocycles. The van der Waals surface area contributed by atoms with Crippen molar-refractivity contribution in [2.75, 3.05) is 7.05 Å². The predicted octanol–water partition coefficient (Wildman–Crippen LogP) is 2.54. The third kappa shape index (κ3) is 4.17. The molecule has 0 bridgehead atoms. The first kappa shape index (κ1) is 18.1. The Morgan fingerprint density at radius 3 is 2.58 bits per heavy atom. The van der Waals surface area contributed by atoms with E-state index in [1.807, 2.05) is 24.9 Å². The minimum atomic E-state index is -3.77. The van der Waals surface area contributed by atoms with Gasteiger partial charge in [0.15, 0.2) is 0 Å². The largest absolute Gasteiger partial charge is 0.295 e. The van der Waals surface area contributed by atoms with Gasteiger partial charge in [-0.3, -0.25) is 4.90 Å². The van der Waals surface area contributed by atoms with E-state index in [0.29, 0.717) is 12.1 Å². The van der Waals surface area contributed by atoms with Gasteiger partial charge in [0.1, 0.15) is 5.82 Å². The van der Waals surface area contributed by atoms with Crippen molar-refractivity contribution in [3.05, 3.63) is 65.0 Å². The molecule has 5 nitrogen and oxygen atoms in total. The Morgan fingerprint density at radius 2 is 2.00 bits per heavy atom. The number of nitrogens with zero attached hydrogens (tertiary/aromatic N) is 2. The number of halogens is 1. The summed E-state index contributed by atoms with van der Waals surface area (Å²) in [5, 5.41) is 13.9. The lowest BCUT2D eigenvalue weighted by Crippen LogP contribution is -2.23. The van der Waals surface area contributed by atoms with Crippen molar-refractivity contribution in [3.63, 3.8) is 0 Å². The molecule has 2 aromatic rings. The van der Waals surface area contributed by atoms with Crippen LogP contribution in [0.25, 0.3) is 0 Å². The SMILES string of the molecule is C[C@H](c1cccc(S(N)(=O)=O)c1)N(C)Cc1ccc(C#N)cc1F. The van der Waals surface area contributed by atoms with Crippen LogP contribution in [-0.2, 0) is 16.6 Å². The fourth-order valence-corrected chi connectivity index (χ4v) is 2.93. The van der Waals surface area contributed by atoms with Crippen molar-refractivity contribution in [1.29, 1.82) is 5.26 Å². The monoisotopic (exact) mass is 347 g/mol. The number of sulfonamides is 1. The van der Waals surface area contributed by atoms with Crippen LogP contribution in [0.4, 0.5) is 4.39 Å². The van der Waals surface area contributed by atoms with E-state index in [0.717, 1.165) is 5.56 Å². The Balaban J connectivity index is 2.21. The topological polar surface area (TPSA) is 87.2 Å². The third-order valence-corrected chi connectivity index (χ3v) is 4.84. The van der Waals surface area contributed by atoms with E-state index >= 15 is 0 Å². The molecular formula is C17H18FN3O2S. The van der Waals surface area contributed by atoms with Gasteiger partial charge in [0.05, 0.1) is 16.5 Å². The lowest BCUT2D eigenvalue weighted by atomic mass is 10.1. The maximum atomic E-state index is 14.0. The second-order valence-corrected chi connectivity index (χ2v) is 7.19. The first-order valence-electron chi connectivity index (χ1n) is 7.24. The van der Waals surface area contributed by atoms with Crippen molar-refractivity contribution in [2.45, 2.75) is 24.4 Å². The van der Waals surface area contributed by atoms with E-state index < -0.39 is 15.8 Å². The molecule has 0 aliphatic carbocycles. The Bertz CT molecular complexity index is 891. The molecule has 1 atom stereocenters. The fourth-order valence-electron chi connectivity index (χ4n) is 2.36. The minimum Gasteiger partial charge on any atom is -0.295 e. The van der Waals surface area contributed by atoms with Gasteiger partial charge in [-0.2, -0.15) is 5.26 Å². The maximum absolute atomic E-state index is 14.0. The average Bonchev–Trinajstić information content (AvgIpc) is 2.55. The summed E-state index contributed by atoms with van der Waals surface area (Å²) in [5.74, 6) is -0.439. The van der Waals surface area contributed by atoms with Crippen LogP contribution in [0.2, 0.25) is 0 Å². The normalized spacial score (nSPS) is 12.8. The van der Waals surface area contributed by atoms with Gasteiger partial charge in [-0.05, 0) is 43.8 Å². The number of nitrogens with two attached hydrogens (primary N) is 1. The van der Waals surface area contributed by atoms with Crippen molar-refractivity contribution < 1.29 is 12.8 Å². The number of nitriles is 1. The van der Waals surface area contributed by atoms with Gasteiger partial charge in [-0.1, -0.05) is 18.2 Å². The molecule has 0 unspecified atom stereocenters. The van der Waals surface area contributed by atoms with E-state index in [2.05, 4.69) is 0 Å². The summed E-state index contributed by atoms with van der Waals surface area (Å²) >= 11 is 0. The molecule has 2 aromatic carbocycles. The van der Waals surface area contributed by atoms with Crippen LogP contribution >= 0.6 is 0 Å². The van der Waals surface area contributed by atoms with Crippen LogP contribution in [0.3, 0.4) is 0 Å². The first-order valence-corrected chi connectivity index (χ1v) is 8.78. The van der Waals surface area contributed by atoms with Gasteiger partial charge in [0.2, 0.25) is 10.0 Å². The van der Waals surface area contributed by atoms with E-state index in [9.17, 15) is 12.8 Å². The Hall–Kier alpha value is -2.27. The summed E-state index contributed by atoms with van der Waals surface area (Å²) in [5.41, 5.74) is 1.50.